The molecule has 9 heteroatoms. The maximum atomic E-state index is 12.7. The predicted molar refractivity (Wildman–Crippen MR) is 101 cm³/mol. The van der Waals surface area contributed by atoms with Gasteiger partial charge in [-0.15, -0.1) is 0 Å². The highest BCUT2D eigenvalue weighted by atomic mass is 19.4. The summed E-state index contributed by atoms with van der Waals surface area (Å²) in [7, 11) is 3.36. The van der Waals surface area contributed by atoms with Crippen molar-refractivity contribution in [3.8, 4) is 11.5 Å². The number of aromatic nitrogens is 2. The van der Waals surface area contributed by atoms with Crippen molar-refractivity contribution in [1.29, 1.82) is 0 Å². The fourth-order valence-electron chi connectivity index (χ4n) is 2.90. The van der Waals surface area contributed by atoms with E-state index in [0.29, 0.717) is 17.1 Å². The Labute approximate surface area is 165 Å². The maximum Gasteiger partial charge on any atom is 0.422 e. The lowest BCUT2D eigenvalue weighted by Gasteiger charge is -2.15. The molecule has 154 valence electrons. The van der Waals surface area contributed by atoms with E-state index in [-0.39, 0.29) is 11.7 Å². The summed E-state index contributed by atoms with van der Waals surface area (Å²) in [6.45, 7) is 0.355. The van der Waals surface area contributed by atoms with E-state index in [0.717, 1.165) is 10.9 Å². The Bertz CT molecular complexity index is 1010. The Balaban J connectivity index is 1.70. The fourth-order valence-corrected chi connectivity index (χ4v) is 2.90. The quantitative estimate of drug-likeness (QED) is 0.671. The number of amides is 1. The molecule has 3 aromatic rings. The Hall–Kier alpha value is -3.23. The Morgan fingerprint density at radius 3 is 2.55 bits per heavy atom. The van der Waals surface area contributed by atoms with Crippen LogP contribution in [0.1, 0.15) is 29.1 Å². The molecule has 2 heterocycles. The van der Waals surface area contributed by atoms with E-state index in [2.05, 4.69) is 15.0 Å². The fraction of sp³-hybridized carbons (Fsp3) is 0.300. The van der Waals surface area contributed by atoms with E-state index >= 15 is 0 Å². The van der Waals surface area contributed by atoms with Gasteiger partial charge in [0.2, 0.25) is 0 Å². The van der Waals surface area contributed by atoms with E-state index in [4.69, 9.17) is 4.74 Å². The zero-order valence-electron chi connectivity index (χ0n) is 16.1. The number of alkyl halides is 3. The van der Waals surface area contributed by atoms with Gasteiger partial charge in [-0.1, -0.05) is 0 Å². The first-order valence-corrected chi connectivity index (χ1v) is 8.78. The number of aryl methyl sites for hydroxylation is 1. The number of benzene rings is 1. The smallest absolute Gasteiger partial charge is 0.422 e. The Morgan fingerprint density at radius 1 is 1.21 bits per heavy atom. The summed E-state index contributed by atoms with van der Waals surface area (Å²) in [6, 6.07) is 9.76. The summed E-state index contributed by atoms with van der Waals surface area (Å²) in [6.07, 6.45) is -3.21. The number of methoxy groups -OCH3 is 1. The van der Waals surface area contributed by atoms with E-state index in [1.165, 1.54) is 18.3 Å². The topological polar surface area (TPSA) is 65.4 Å². The minimum Gasteiger partial charge on any atom is -0.497 e. The summed E-state index contributed by atoms with van der Waals surface area (Å²) in [5.74, 6) is 0.401. The maximum absolute atomic E-state index is 12.7. The number of ether oxygens (including phenoxy) is 2. The van der Waals surface area contributed by atoms with Crippen LogP contribution < -0.4 is 14.8 Å². The average molecular weight is 407 g/mol. The highest BCUT2D eigenvalue weighted by Crippen LogP contribution is 2.24. The molecule has 3 rings (SSSR count). The van der Waals surface area contributed by atoms with Gasteiger partial charge in [-0.3, -0.25) is 9.78 Å². The van der Waals surface area contributed by atoms with Crippen molar-refractivity contribution in [3.05, 3.63) is 54.0 Å². The van der Waals surface area contributed by atoms with Crippen molar-refractivity contribution in [3.63, 3.8) is 0 Å². The normalized spacial score (nSPS) is 12.6. The number of hydrogen-bond acceptors (Lipinski definition) is 4. The molecular weight excluding hydrogens is 387 g/mol. The number of carbonyl (C=O) groups excluding carboxylic acids is 1. The van der Waals surface area contributed by atoms with E-state index < -0.39 is 18.8 Å². The van der Waals surface area contributed by atoms with Gasteiger partial charge < -0.3 is 19.4 Å². The molecule has 2 aromatic heterocycles. The SMILES string of the molecule is COc1ccc2cc(C(=O)N[C@H](C)c3ccc(OCC(F)(F)F)cn3)n(C)c2c1. The first kappa shape index (κ1) is 20.5. The van der Waals surface area contributed by atoms with Gasteiger partial charge in [-0.2, -0.15) is 13.2 Å². The largest absolute Gasteiger partial charge is 0.497 e. The monoisotopic (exact) mass is 407 g/mol. The van der Waals surface area contributed by atoms with E-state index in [9.17, 15) is 18.0 Å². The molecule has 29 heavy (non-hydrogen) atoms. The molecule has 0 saturated heterocycles. The van der Waals surface area contributed by atoms with Gasteiger partial charge in [-0.25, -0.2) is 0 Å². The number of rotatable bonds is 6. The number of halogens is 3. The van der Waals surface area contributed by atoms with Crippen molar-refractivity contribution in [2.75, 3.05) is 13.7 Å². The zero-order valence-corrected chi connectivity index (χ0v) is 16.1. The minimum atomic E-state index is -4.41. The molecule has 0 spiro atoms. The number of pyridine rings is 1. The highest BCUT2D eigenvalue weighted by Gasteiger charge is 2.28. The Kier molecular flexibility index (Phi) is 5.67. The molecular formula is C20H20F3N3O3. The third-order valence-corrected chi connectivity index (χ3v) is 4.44. The second-order valence-electron chi connectivity index (χ2n) is 6.53. The third kappa shape index (κ3) is 4.79. The zero-order chi connectivity index (χ0) is 21.2. The second-order valence-corrected chi connectivity index (χ2v) is 6.53. The van der Waals surface area contributed by atoms with Crippen LogP contribution in [0.15, 0.2) is 42.6 Å². The van der Waals surface area contributed by atoms with Crippen LogP contribution in [0.5, 0.6) is 11.5 Å². The molecule has 6 nitrogen and oxygen atoms in total. The molecule has 1 amide bonds. The molecule has 0 aliphatic carbocycles. The van der Waals surface area contributed by atoms with Crippen LogP contribution in [-0.2, 0) is 7.05 Å². The van der Waals surface area contributed by atoms with Crippen LogP contribution in [0, 0.1) is 0 Å². The van der Waals surface area contributed by atoms with E-state index in [1.54, 1.807) is 31.7 Å². The van der Waals surface area contributed by atoms with Gasteiger partial charge in [0.25, 0.3) is 5.91 Å². The van der Waals surface area contributed by atoms with Crippen molar-refractivity contribution in [1.82, 2.24) is 14.9 Å². The Morgan fingerprint density at radius 2 is 1.93 bits per heavy atom. The van der Waals surface area contributed by atoms with Crippen LogP contribution in [0.4, 0.5) is 13.2 Å². The van der Waals surface area contributed by atoms with Crippen molar-refractivity contribution in [2.24, 2.45) is 7.05 Å². The van der Waals surface area contributed by atoms with Gasteiger partial charge in [0.15, 0.2) is 6.61 Å². The lowest BCUT2D eigenvalue weighted by molar-refractivity contribution is -0.153. The number of nitrogens with one attached hydrogen (secondary N) is 1. The molecule has 0 aliphatic rings. The average Bonchev–Trinajstić information content (AvgIpc) is 3.02. The molecule has 0 unspecified atom stereocenters. The minimum absolute atomic E-state index is 0.00670. The first-order valence-electron chi connectivity index (χ1n) is 8.78. The van der Waals surface area contributed by atoms with Crippen LogP contribution in [0.25, 0.3) is 10.9 Å². The highest BCUT2D eigenvalue weighted by molar-refractivity contribution is 5.99. The van der Waals surface area contributed by atoms with Crippen LogP contribution in [0.3, 0.4) is 0 Å². The molecule has 0 saturated carbocycles. The number of carbonyl (C=O) groups is 1. The lowest BCUT2D eigenvalue weighted by Crippen LogP contribution is -2.28. The number of fused-ring (bicyclic) bond motifs is 1. The predicted octanol–water partition coefficient (Wildman–Crippen LogP) is 4.01. The molecule has 0 aliphatic heterocycles. The summed E-state index contributed by atoms with van der Waals surface area (Å²) in [4.78, 5) is 16.8. The summed E-state index contributed by atoms with van der Waals surface area (Å²) < 4.78 is 48.2. The van der Waals surface area contributed by atoms with Crippen LogP contribution in [0.2, 0.25) is 0 Å². The molecule has 1 N–H and O–H groups in total. The number of nitrogens with zero attached hydrogens (tertiary/aromatic N) is 2. The second kappa shape index (κ2) is 8.02. The van der Waals surface area contributed by atoms with Gasteiger partial charge >= 0.3 is 6.18 Å². The standard InChI is InChI=1S/C20H20F3N3O3/c1-12(16-7-6-15(10-24-16)29-11-20(21,22)23)25-19(27)18-8-13-4-5-14(28-3)9-17(13)26(18)2/h4-10,12H,11H2,1-3H3,(H,25,27)/t12-/m1/s1. The summed E-state index contributed by atoms with van der Waals surface area (Å²) in [5, 5.41) is 3.74. The van der Waals surface area contributed by atoms with Gasteiger partial charge in [0, 0.05) is 18.5 Å². The van der Waals surface area contributed by atoms with Crippen molar-refractivity contribution in [2.45, 2.75) is 19.1 Å². The van der Waals surface area contributed by atoms with Crippen LogP contribution >= 0.6 is 0 Å². The molecule has 1 atom stereocenters. The third-order valence-electron chi connectivity index (χ3n) is 4.44. The van der Waals surface area contributed by atoms with Crippen molar-refractivity contribution < 1.29 is 27.4 Å². The molecule has 0 fully saturated rings. The van der Waals surface area contributed by atoms with E-state index in [1.807, 2.05) is 18.2 Å². The molecule has 1 aromatic carbocycles. The van der Waals surface area contributed by atoms with Gasteiger partial charge in [-0.05, 0) is 37.3 Å². The lowest BCUT2D eigenvalue weighted by atomic mass is 10.2. The van der Waals surface area contributed by atoms with Gasteiger partial charge in [0.1, 0.15) is 17.2 Å². The summed E-state index contributed by atoms with van der Waals surface area (Å²) >= 11 is 0. The molecule has 0 bridgehead atoms. The van der Waals surface area contributed by atoms with Crippen molar-refractivity contribution >= 4 is 16.8 Å². The molecule has 0 radical (unpaired) electrons. The first-order chi connectivity index (χ1) is 13.7. The van der Waals surface area contributed by atoms with Crippen LogP contribution in [-0.4, -0.2) is 35.4 Å². The van der Waals surface area contributed by atoms with Gasteiger partial charge in [0.05, 0.1) is 30.6 Å². The number of hydrogen-bond donors (Lipinski definition) is 1. The summed E-state index contributed by atoms with van der Waals surface area (Å²) in [5.41, 5.74) is 1.81.